The van der Waals surface area contributed by atoms with Crippen LogP contribution in [-0.2, 0) is 70.4 Å². The van der Waals surface area contributed by atoms with E-state index in [0.29, 0.717) is 92.7 Å². The summed E-state index contributed by atoms with van der Waals surface area (Å²) >= 11 is 27.1. The Labute approximate surface area is 656 Å². The molecule has 0 aliphatic carbocycles. The van der Waals surface area contributed by atoms with E-state index in [9.17, 15) is 34.8 Å². The van der Waals surface area contributed by atoms with Gasteiger partial charge in [-0.3, -0.25) is 25.6 Å². The predicted molar refractivity (Wildman–Crippen MR) is 421 cm³/mol. The first kappa shape index (κ1) is 87.4. The molecule has 0 radical (unpaired) electrons. The van der Waals surface area contributed by atoms with Crippen molar-refractivity contribution in [3.8, 4) is 26.6 Å². The van der Waals surface area contributed by atoms with E-state index in [1.165, 1.54) is 100.0 Å². The SMILES string of the molecule is C.CCCCC.CN1C(NC(=O)OC(C)(C)C)=N[C@@]2(c3sc(Br)cc3Cl)CCCOC2S1(=O)=O.COc1cncc(B(O)O)c1.Cc1cncc(-c2cc(Cl)c([C@]34CCCOC3S(=O)(=O)N(C)C(N)=N4)s2)c1.Cc1cncc(-c2cc(Cl)c([C@]34CCCOC3S(=O)(=O)N(C)C(NC(=O)OC(C)(C)C)=N4)s2)c1. The fourth-order valence-corrected chi connectivity index (χ4v) is 22.6. The third-order valence-corrected chi connectivity index (χ3v) is 28.4. The normalized spacial score (nSPS) is 23.2. The summed E-state index contributed by atoms with van der Waals surface area (Å²) in [6.07, 6.45) is 15.5. The maximum atomic E-state index is 13.5. The highest BCUT2D eigenvalue weighted by Gasteiger charge is 2.61. The minimum atomic E-state index is -4.04. The monoisotopic (exact) mass is 1710 g/mol. The van der Waals surface area contributed by atoms with Crippen molar-refractivity contribution in [2.45, 2.75) is 179 Å². The number of methoxy groups -OCH3 is 1. The number of nitrogens with one attached hydrogen (secondary N) is 2. The standard InChI is InChI=1S/C22H27ClN4O5S2.C17H19ClN4O3S2.C16H21BrClN3O5S2.C6H8BNO3.C5H12.CH4/c1-13-9-14(12-24-11-13)16-10-15(23)17(33-16)22-7-6-8-31-18(22)34(29,30)27(5)19(26-22)25-20(28)32-21(2,3)4;1-10-6-11(9-20-8-10)13-7-12(18)14(26-13)17-4-3-5-25-15(17)27(23,24)22(2)16(19)21-17;1-15(2,3)26-14(22)19-13-20-16(11-9(18)8-10(17)27-11)6-5-7-25-12(16)28(23,24)21(13)4;1-11-6-2-5(7(9)10)3-8-4-6;1-3-5-4-2;/h9-12,18H,6-8H2,1-5H3,(H,25,26,28);6-9,15H,3-5H2,1-2H3,(H2,19,21);8,12H,5-7H2,1-4H3,(H,19,20,22);2-4,9-10H,1H3;3-5H2,1-2H3;1H4/t18?,22-;15?,17-;12?,16-;;;/m111.../s1. The van der Waals surface area contributed by atoms with E-state index < -0.39 is 93.5 Å². The van der Waals surface area contributed by atoms with Gasteiger partial charge in [-0.1, -0.05) is 75.3 Å². The molecule has 0 bridgehead atoms. The van der Waals surface area contributed by atoms with Gasteiger partial charge in [-0.25, -0.2) is 62.7 Å². The number of aromatic nitrogens is 3. The quantitative estimate of drug-likeness (QED) is 0.0839. The van der Waals surface area contributed by atoms with Gasteiger partial charge in [0.15, 0.2) is 0 Å². The molecule has 6 aliphatic heterocycles. The van der Waals surface area contributed by atoms with Crippen LogP contribution in [0.5, 0.6) is 5.75 Å². The van der Waals surface area contributed by atoms with Crippen molar-refractivity contribution in [1.82, 2.24) is 38.5 Å². The molecular weight excluding hydrogens is 1620 g/mol. The van der Waals surface area contributed by atoms with E-state index in [2.05, 4.69) is 65.3 Å². The third kappa shape index (κ3) is 19.7. The minimum Gasteiger partial charge on any atom is -0.495 e. The van der Waals surface area contributed by atoms with E-state index in [-0.39, 0.29) is 31.9 Å². The molecule has 3 saturated heterocycles. The van der Waals surface area contributed by atoms with E-state index in [1.54, 1.807) is 78.5 Å². The second kappa shape index (κ2) is 35.5. The van der Waals surface area contributed by atoms with Crippen LogP contribution in [0.3, 0.4) is 0 Å². The summed E-state index contributed by atoms with van der Waals surface area (Å²) in [5.74, 6) is 0.186. The summed E-state index contributed by atoms with van der Waals surface area (Å²) < 4.78 is 115. The van der Waals surface area contributed by atoms with Crippen molar-refractivity contribution in [3.05, 3.63) is 118 Å². The maximum absolute atomic E-state index is 13.5. The van der Waals surface area contributed by atoms with Crippen LogP contribution in [0.15, 0.2) is 92.3 Å². The number of alkyl carbamates (subject to hydrolysis) is 2. The van der Waals surface area contributed by atoms with Gasteiger partial charge in [0, 0.05) is 98.3 Å². The molecule has 6 N–H and O–H groups in total. The number of ether oxygens (including phenoxy) is 6. The summed E-state index contributed by atoms with van der Waals surface area (Å²) in [6.45, 7) is 19.6. The molecule has 0 saturated carbocycles. The van der Waals surface area contributed by atoms with Crippen molar-refractivity contribution in [1.29, 1.82) is 0 Å². The van der Waals surface area contributed by atoms with Gasteiger partial charge in [0.2, 0.25) is 34.2 Å². The van der Waals surface area contributed by atoms with Crippen LogP contribution in [0.4, 0.5) is 9.59 Å². The topological polar surface area (TPSA) is 368 Å². The molecular formula is C67H91BBrCl3N12O16S6. The Kier molecular flexibility index (Phi) is 29.2. The number of carbonyl (C=O) groups is 2. The zero-order chi connectivity index (χ0) is 77.6. The fraction of sp³-hybridized carbons (Fsp3) is 0.522. The molecule has 28 nitrogen and oxygen atoms in total. The van der Waals surface area contributed by atoms with E-state index in [4.69, 9.17) is 84.0 Å². The lowest BCUT2D eigenvalue weighted by atomic mass is 9.82. The van der Waals surface area contributed by atoms with Gasteiger partial charge in [0.1, 0.15) is 33.6 Å². The predicted octanol–water partition coefficient (Wildman–Crippen LogP) is 12.2. The number of amides is 2. The molecule has 3 fully saturated rings. The summed E-state index contributed by atoms with van der Waals surface area (Å²) in [6, 6.07) is 10.8. The van der Waals surface area contributed by atoms with Crippen LogP contribution in [0.1, 0.15) is 146 Å². The molecule has 106 heavy (non-hydrogen) atoms. The van der Waals surface area contributed by atoms with E-state index >= 15 is 0 Å². The number of halogens is 4. The number of aryl methyl sites for hydroxylation is 2. The molecule has 39 heteroatoms. The average molecular weight is 1710 g/mol. The molecule has 6 atom stereocenters. The van der Waals surface area contributed by atoms with Gasteiger partial charge in [-0.05, 0) is 157 Å². The first-order valence-electron chi connectivity index (χ1n) is 33.2. The van der Waals surface area contributed by atoms with Gasteiger partial charge in [0.05, 0.1) is 46.8 Å². The Hall–Kier alpha value is -5.84. The highest BCUT2D eigenvalue weighted by atomic mass is 79.9. The molecule has 6 aromatic rings. The smallest absolute Gasteiger partial charge is 0.490 e. The zero-order valence-corrected chi connectivity index (χ0v) is 69.1. The van der Waals surface area contributed by atoms with Gasteiger partial charge >= 0.3 is 19.3 Å². The van der Waals surface area contributed by atoms with Crippen molar-refractivity contribution in [3.63, 3.8) is 0 Å². The minimum absolute atomic E-state index is 0. The number of nitrogens with two attached hydrogens (primary N) is 1. The lowest BCUT2D eigenvalue weighted by Gasteiger charge is -2.45. The Morgan fingerprint density at radius 1 is 0.613 bits per heavy atom. The second-order valence-corrected chi connectivity index (χ2v) is 38.8. The molecule has 12 heterocycles. The summed E-state index contributed by atoms with van der Waals surface area (Å²) in [7, 11) is -7.79. The van der Waals surface area contributed by atoms with Gasteiger partial charge in [0.25, 0.3) is 30.1 Å². The summed E-state index contributed by atoms with van der Waals surface area (Å²) in [5.41, 5.74) is 1.24. The number of fused-ring (bicyclic) bond motifs is 3. The molecule has 0 spiro atoms. The molecule has 2 amide bonds. The molecule has 3 unspecified atom stereocenters. The van der Waals surface area contributed by atoms with Crippen molar-refractivity contribution in [2.24, 2.45) is 20.7 Å². The van der Waals surface area contributed by atoms with Crippen molar-refractivity contribution in [2.75, 3.05) is 48.1 Å². The first-order valence-corrected chi connectivity index (χ1v) is 42.1. The highest BCUT2D eigenvalue weighted by molar-refractivity contribution is 9.11. The Bertz CT molecular complexity index is 4580. The fourth-order valence-electron chi connectivity index (χ4n) is 11.8. The maximum Gasteiger partial charge on any atom is 0.490 e. The van der Waals surface area contributed by atoms with Gasteiger partial charge in [-0.15, -0.1) is 34.0 Å². The average Bonchev–Trinajstić information content (AvgIpc) is 1.25. The number of pyridine rings is 3. The van der Waals surface area contributed by atoms with E-state index in [1.807, 2.05) is 32.0 Å². The second-order valence-electron chi connectivity index (χ2n) is 27.0. The van der Waals surface area contributed by atoms with Crippen molar-refractivity contribution >= 4 is 157 Å². The Balaban J connectivity index is 0.000000201. The van der Waals surface area contributed by atoms with Crippen LogP contribution in [0.25, 0.3) is 20.9 Å². The summed E-state index contributed by atoms with van der Waals surface area (Å²) in [5, 5.41) is 23.6. The molecule has 582 valence electrons. The molecule has 6 aliphatic rings. The van der Waals surface area contributed by atoms with Gasteiger partial charge < -0.3 is 44.2 Å². The number of aliphatic imine (C=N–C) groups is 3. The first-order chi connectivity index (χ1) is 49.1. The number of hydrogen-bond donors (Lipinski definition) is 5. The lowest BCUT2D eigenvalue weighted by molar-refractivity contribution is 0.00286. The molecule has 6 aromatic heterocycles. The summed E-state index contributed by atoms with van der Waals surface area (Å²) in [4.78, 5) is 54.5. The molecule has 12 rings (SSSR count). The van der Waals surface area contributed by atoms with Crippen LogP contribution in [0.2, 0.25) is 15.1 Å². The number of sulfonamides is 3. The van der Waals surface area contributed by atoms with Crippen LogP contribution in [0, 0.1) is 13.8 Å². The van der Waals surface area contributed by atoms with E-state index in [0.717, 1.165) is 48.7 Å². The number of thiophene rings is 3. The largest absolute Gasteiger partial charge is 0.495 e. The third-order valence-electron chi connectivity index (χ3n) is 16.6. The van der Waals surface area contributed by atoms with Crippen LogP contribution >= 0.6 is 84.7 Å². The van der Waals surface area contributed by atoms with Crippen molar-refractivity contribution < 1.29 is 73.3 Å². The van der Waals surface area contributed by atoms with Gasteiger partial charge in [-0.2, -0.15) is 0 Å². The Morgan fingerprint density at radius 2 is 0.991 bits per heavy atom. The molecule has 0 aromatic carbocycles. The zero-order valence-electron chi connectivity index (χ0n) is 60.4. The van der Waals surface area contributed by atoms with Crippen LogP contribution < -0.4 is 26.6 Å². The van der Waals surface area contributed by atoms with Crippen LogP contribution in [-0.4, -0.2) is 176 Å². The number of nitrogens with zero attached hydrogens (tertiary/aromatic N) is 9. The number of guanidine groups is 3. The number of carbonyl (C=O) groups excluding carboxylic acids is 2. The number of unbranched alkanes of at least 4 members (excludes halogenated alkanes) is 2. The lowest BCUT2D eigenvalue weighted by Crippen LogP contribution is -2.61. The highest BCUT2D eigenvalue weighted by Crippen LogP contribution is 2.55. The number of rotatable bonds is 9. The Morgan fingerprint density at radius 3 is 1.34 bits per heavy atom. The number of hydrogen-bond acceptors (Lipinski definition) is 26.